The molecule has 0 radical (unpaired) electrons. The summed E-state index contributed by atoms with van der Waals surface area (Å²) in [5.41, 5.74) is 0.599. The largest absolute Gasteiger partial charge is 0.460 e. The molecular weight excluding hydrogens is 627 g/mol. The van der Waals surface area contributed by atoms with Gasteiger partial charge in [0.15, 0.2) is 17.4 Å². The number of anilines is 1. The number of ether oxygens (including phenoxy) is 2. The first-order valence-electron chi connectivity index (χ1n) is 15.9. The summed E-state index contributed by atoms with van der Waals surface area (Å²) in [4.78, 5) is 57.5. The topological polar surface area (TPSA) is 178 Å². The molecule has 3 N–H and O–H groups in total. The molecule has 2 aromatic rings. The molecule has 2 aromatic heterocycles. The lowest BCUT2D eigenvalue weighted by Gasteiger charge is -2.30. The van der Waals surface area contributed by atoms with Gasteiger partial charge >= 0.3 is 12.1 Å². The molecule has 4 rings (SSSR count). The number of nitrogens with zero attached hydrogens (tertiary/aromatic N) is 4. The second kappa shape index (κ2) is 16.9. The first-order valence-corrected chi connectivity index (χ1v) is 15.9. The average Bonchev–Trinajstić information content (AvgIpc) is 3.80. The smallest absolute Gasteiger partial charge is 0.412 e. The van der Waals surface area contributed by atoms with Crippen molar-refractivity contribution in [3.05, 3.63) is 66.1 Å². The molecule has 14 nitrogen and oxygen atoms in total. The van der Waals surface area contributed by atoms with Crippen molar-refractivity contribution in [3.63, 3.8) is 0 Å². The first-order chi connectivity index (χ1) is 22.9. The molecule has 48 heavy (non-hydrogen) atoms. The van der Waals surface area contributed by atoms with E-state index in [4.69, 9.17) is 13.9 Å². The summed E-state index contributed by atoms with van der Waals surface area (Å²) in [7, 11) is 1.71. The Morgan fingerprint density at radius 2 is 2.08 bits per heavy atom. The number of aryl methyl sites for hydroxylation is 1. The highest BCUT2D eigenvalue weighted by atomic mass is 19.1. The molecular formula is C33H43FN6O8. The van der Waals surface area contributed by atoms with Crippen molar-refractivity contribution < 1.29 is 42.6 Å². The summed E-state index contributed by atoms with van der Waals surface area (Å²) in [5, 5.41) is 19.7. The van der Waals surface area contributed by atoms with E-state index in [1.54, 1.807) is 58.3 Å². The zero-order valence-corrected chi connectivity index (χ0v) is 27.5. The summed E-state index contributed by atoms with van der Waals surface area (Å²) >= 11 is 0. The molecule has 4 heterocycles. The minimum Gasteiger partial charge on any atom is -0.460 e. The highest BCUT2D eigenvalue weighted by Gasteiger charge is 2.39. The van der Waals surface area contributed by atoms with Crippen molar-refractivity contribution in [1.29, 1.82) is 0 Å². The second-order valence-electron chi connectivity index (χ2n) is 12.1. The number of hydrogen-bond donors (Lipinski definition) is 3. The summed E-state index contributed by atoms with van der Waals surface area (Å²) in [5.74, 6) is -2.34. The van der Waals surface area contributed by atoms with Crippen LogP contribution >= 0.6 is 0 Å². The van der Waals surface area contributed by atoms with Crippen LogP contribution in [-0.2, 0) is 32.5 Å². The number of hydrogen-bond acceptors (Lipinski definition) is 10. The fraction of sp³-hybridized carbons (Fsp3) is 0.515. The number of amides is 3. The van der Waals surface area contributed by atoms with Gasteiger partial charge in [-0.1, -0.05) is 43.7 Å². The molecule has 2 bridgehead atoms. The maximum Gasteiger partial charge on any atom is 0.412 e. The Balaban J connectivity index is 1.54. The number of carbonyl (C=O) groups is 4. The van der Waals surface area contributed by atoms with Gasteiger partial charge in [0, 0.05) is 50.7 Å². The lowest BCUT2D eigenvalue weighted by molar-refractivity contribution is -0.159. The van der Waals surface area contributed by atoms with Crippen molar-refractivity contribution >= 4 is 29.7 Å². The Morgan fingerprint density at radius 3 is 2.83 bits per heavy atom. The zero-order chi connectivity index (χ0) is 34.8. The minimum atomic E-state index is -1.50. The van der Waals surface area contributed by atoms with Crippen LogP contribution in [0.25, 0.3) is 0 Å². The van der Waals surface area contributed by atoms with Gasteiger partial charge in [0.1, 0.15) is 24.6 Å². The lowest BCUT2D eigenvalue weighted by atomic mass is 9.93. The Kier molecular flexibility index (Phi) is 12.7. The number of cyclic esters (lactones) is 1. The van der Waals surface area contributed by atoms with Gasteiger partial charge in [-0.3, -0.25) is 19.6 Å². The molecule has 260 valence electrons. The van der Waals surface area contributed by atoms with Crippen molar-refractivity contribution in [2.75, 3.05) is 25.0 Å². The highest BCUT2D eigenvalue weighted by molar-refractivity contribution is 5.95. The van der Waals surface area contributed by atoms with Crippen LogP contribution in [0.2, 0.25) is 0 Å². The van der Waals surface area contributed by atoms with E-state index in [-0.39, 0.29) is 44.1 Å². The Bertz CT molecular complexity index is 1530. The number of carbonyl (C=O) groups excluding carboxylic acids is 4. The van der Waals surface area contributed by atoms with Gasteiger partial charge < -0.3 is 29.2 Å². The van der Waals surface area contributed by atoms with Gasteiger partial charge in [-0.25, -0.2) is 19.0 Å². The predicted octanol–water partition coefficient (Wildman–Crippen LogP) is 3.27. The molecule has 0 aliphatic carbocycles. The third-order valence-electron chi connectivity index (χ3n) is 7.98. The molecule has 2 aliphatic heterocycles. The number of esters is 1. The number of aliphatic hydroxyl groups excluding tert-OH is 1. The fourth-order valence-electron chi connectivity index (χ4n) is 5.56. The number of fused-ring (bicyclic) bond motifs is 3. The normalized spacial score (nSPS) is 27.9. The number of allylic oxidation sites excluding steroid dienone is 2. The number of aromatic nitrogens is 3. The Hall–Kier alpha value is -4.79. The molecule has 15 heteroatoms. The van der Waals surface area contributed by atoms with E-state index >= 15 is 0 Å². The molecule has 2 aliphatic rings. The van der Waals surface area contributed by atoms with Gasteiger partial charge in [-0.2, -0.15) is 5.10 Å². The van der Waals surface area contributed by atoms with E-state index in [9.17, 15) is 28.7 Å². The SMILES string of the molecule is CC1=C\[C@@H](O)C[C@@H](F)Cc2nc(co2)C(=O)N2CCC[C@@H]2C(=O)O[C@H]([C@@H](C)COC(=O)Nc2ccn(C)n2)[C@H](C)/C=C/C(=O)NC\C=C\1. The molecule has 1 saturated heterocycles. The standard InChI is InChI=1S/C33H43FN6O8/c1-20-7-5-12-35-28(42)10-9-21(2)30(22(3)18-47-33(45)37-27-11-14-39(4)38-27)48-32(44)26-8-6-13-40(26)31(43)25-19-46-29(36-25)17-23(34)16-24(41)15-20/h5,7,9-11,14-15,19,21-24,26,30,41H,6,8,12-13,16-18H2,1-4H3,(H,35,42)(H,37,38,45)/b7-5+,10-9+,20-15+/t21-,22+,23-,24-,26-,30+/m1/s1. The summed E-state index contributed by atoms with van der Waals surface area (Å²) in [6, 6.07) is 0.682. The maximum absolute atomic E-state index is 14.8. The molecule has 0 aromatic carbocycles. The van der Waals surface area contributed by atoms with E-state index in [1.165, 1.54) is 21.7 Å². The highest BCUT2D eigenvalue weighted by Crippen LogP contribution is 2.26. The van der Waals surface area contributed by atoms with Crippen molar-refractivity contribution in [3.8, 4) is 0 Å². The second-order valence-corrected chi connectivity index (χ2v) is 12.1. The molecule has 6 atom stereocenters. The molecule has 1 fully saturated rings. The van der Waals surface area contributed by atoms with E-state index in [1.807, 2.05) is 0 Å². The van der Waals surface area contributed by atoms with Gasteiger partial charge in [-0.05, 0) is 25.8 Å². The van der Waals surface area contributed by atoms with E-state index in [0.717, 1.165) is 6.26 Å². The third kappa shape index (κ3) is 10.4. The van der Waals surface area contributed by atoms with Crippen LogP contribution in [0.1, 0.15) is 56.4 Å². The van der Waals surface area contributed by atoms with Crippen molar-refractivity contribution in [1.82, 2.24) is 25.0 Å². The Morgan fingerprint density at radius 1 is 1.29 bits per heavy atom. The molecule has 3 amide bonds. The molecule has 0 saturated carbocycles. The number of aliphatic hydroxyl groups is 1. The van der Waals surface area contributed by atoms with Crippen LogP contribution in [0, 0.1) is 11.8 Å². The summed E-state index contributed by atoms with van der Waals surface area (Å²) in [6.07, 6.45) is 6.86. The van der Waals surface area contributed by atoms with Crippen LogP contribution in [0.5, 0.6) is 0 Å². The monoisotopic (exact) mass is 670 g/mol. The number of rotatable bonds is 4. The first kappa shape index (κ1) is 36.1. The van der Waals surface area contributed by atoms with E-state index in [0.29, 0.717) is 24.2 Å². The average molecular weight is 671 g/mol. The lowest BCUT2D eigenvalue weighted by Crippen LogP contribution is -2.44. The van der Waals surface area contributed by atoms with Gasteiger partial charge in [0.05, 0.1) is 19.1 Å². The fourth-order valence-corrected chi connectivity index (χ4v) is 5.56. The molecule has 0 unspecified atom stereocenters. The van der Waals surface area contributed by atoms with E-state index in [2.05, 4.69) is 20.7 Å². The number of nitrogens with one attached hydrogen (secondary N) is 2. The third-order valence-corrected chi connectivity index (χ3v) is 7.98. The van der Waals surface area contributed by atoms with Gasteiger partial charge in [-0.15, -0.1) is 0 Å². The van der Waals surface area contributed by atoms with Crippen LogP contribution in [0.3, 0.4) is 0 Å². The number of halogens is 1. The summed E-state index contributed by atoms with van der Waals surface area (Å²) < 4.78 is 33.1. The predicted molar refractivity (Wildman–Crippen MR) is 171 cm³/mol. The summed E-state index contributed by atoms with van der Waals surface area (Å²) in [6.45, 7) is 5.58. The Labute approximate surface area is 278 Å². The van der Waals surface area contributed by atoms with E-state index < -0.39 is 60.1 Å². The van der Waals surface area contributed by atoms with Crippen LogP contribution < -0.4 is 10.6 Å². The van der Waals surface area contributed by atoms with Crippen LogP contribution in [0.4, 0.5) is 15.0 Å². The quantitative estimate of drug-likeness (QED) is 0.409. The van der Waals surface area contributed by atoms with Crippen molar-refractivity contribution in [2.24, 2.45) is 18.9 Å². The van der Waals surface area contributed by atoms with Gasteiger partial charge in [0.25, 0.3) is 5.91 Å². The number of alkyl halides is 1. The maximum atomic E-state index is 14.8. The zero-order valence-electron chi connectivity index (χ0n) is 27.5. The van der Waals surface area contributed by atoms with Crippen LogP contribution in [-0.4, -0.2) is 92.8 Å². The van der Waals surface area contributed by atoms with Crippen molar-refractivity contribution in [2.45, 2.75) is 70.9 Å². The minimum absolute atomic E-state index is 0.00677. The number of oxazole rings is 1. The molecule has 0 spiro atoms. The van der Waals surface area contributed by atoms with Crippen LogP contribution in [0.15, 0.2) is 58.9 Å². The van der Waals surface area contributed by atoms with Gasteiger partial charge in [0.2, 0.25) is 5.91 Å².